The molecule has 0 unspecified atom stereocenters. The lowest BCUT2D eigenvalue weighted by atomic mass is 10.2. The normalized spacial score (nSPS) is 15.8. The molecule has 0 spiro atoms. The van der Waals surface area contributed by atoms with Crippen molar-refractivity contribution in [2.24, 2.45) is 0 Å². The Morgan fingerprint density at radius 1 is 1.50 bits per heavy atom. The van der Waals surface area contributed by atoms with E-state index in [0.717, 1.165) is 0 Å². The monoisotopic (exact) mass is 346 g/mol. The number of carbonyl (C=O) groups excluding carboxylic acids is 1. The number of rotatable bonds is 2. The van der Waals surface area contributed by atoms with E-state index < -0.39 is 11.4 Å². The molecule has 1 aliphatic rings. The highest BCUT2D eigenvalue weighted by atomic mass is 79.9. The van der Waals surface area contributed by atoms with E-state index in [1.165, 1.54) is 17.2 Å². The van der Waals surface area contributed by atoms with Crippen LogP contribution in [-0.4, -0.2) is 40.8 Å². The van der Waals surface area contributed by atoms with Gasteiger partial charge in [0.2, 0.25) is 0 Å². The van der Waals surface area contributed by atoms with Gasteiger partial charge in [0.15, 0.2) is 5.82 Å². The number of nitrogens with zero attached hydrogens (tertiary/aromatic N) is 2. The van der Waals surface area contributed by atoms with Crippen molar-refractivity contribution >= 4 is 22.0 Å². The number of likely N-dealkylation sites (tertiary alicyclic amines) is 1. The van der Waals surface area contributed by atoms with Gasteiger partial charge in [0.05, 0.1) is 13.1 Å². The summed E-state index contributed by atoms with van der Waals surface area (Å²) >= 11 is 3.12. The Morgan fingerprint density at radius 3 is 2.70 bits per heavy atom. The van der Waals surface area contributed by atoms with E-state index in [0.29, 0.717) is 17.6 Å². The van der Waals surface area contributed by atoms with E-state index in [4.69, 9.17) is 9.47 Å². The fourth-order valence-electron chi connectivity index (χ4n) is 1.63. The number of hydrogen-bond acceptors (Lipinski definition) is 4. The van der Waals surface area contributed by atoms with Gasteiger partial charge in [0, 0.05) is 10.7 Å². The SMILES string of the molecule is CC(C)(C)OC(=O)N1CC(Oc2ncc(Br)cc2F)C1. The van der Waals surface area contributed by atoms with Gasteiger partial charge in [0.25, 0.3) is 5.88 Å². The van der Waals surface area contributed by atoms with Gasteiger partial charge in [0.1, 0.15) is 11.7 Å². The van der Waals surface area contributed by atoms with Gasteiger partial charge in [-0.25, -0.2) is 14.2 Å². The number of carbonyl (C=O) groups is 1. The Bertz CT molecular complexity index is 513. The second kappa shape index (κ2) is 5.55. The summed E-state index contributed by atoms with van der Waals surface area (Å²) in [5.41, 5.74) is -0.525. The number of aromatic nitrogens is 1. The Kier molecular flexibility index (Phi) is 4.17. The first-order chi connectivity index (χ1) is 9.24. The van der Waals surface area contributed by atoms with Crippen LogP contribution < -0.4 is 4.74 Å². The van der Waals surface area contributed by atoms with E-state index in [9.17, 15) is 9.18 Å². The fourth-order valence-corrected chi connectivity index (χ4v) is 1.94. The molecule has 1 saturated heterocycles. The first-order valence-corrected chi connectivity index (χ1v) is 6.99. The van der Waals surface area contributed by atoms with Crippen LogP contribution in [0.2, 0.25) is 0 Å². The van der Waals surface area contributed by atoms with Crippen LogP contribution in [-0.2, 0) is 4.74 Å². The number of ether oxygens (including phenoxy) is 2. The Labute approximate surface area is 125 Å². The Balaban J connectivity index is 1.83. The molecule has 0 saturated carbocycles. The minimum Gasteiger partial charge on any atom is -0.468 e. The maximum Gasteiger partial charge on any atom is 0.410 e. The number of amides is 1. The van der Waals surface area contributed by atoms with Gasteiger partial charge in [-0.05, 0) is 42.8 Å². The Morgan fingerprint density at radius 2 is 2.15 bits per heavy atom. The summed E-state index contributed by atoms with van der Waals surface area (Å²) in [4.78, 5) is 17.1. The Hall–Kier alpha value is -1.37. The number of halogens is 2. The van der Waals surface area contributed by atoms with Crippen molar-refractivity contribution in [3.63, 3.8) is 0 Å². The summed E-state index contributed by atoms with van der Waals surface area (Å²) in [7, 11) is 0. The molecule has 0 aromatic carbocycles. The molecule has 7 heteroatoms. The van der Waals surface area contributed by atoms with E-state index in [2.05, 4.69) is 20.9 Å². The molecule has 0 radical (unpaired) electrons. The molecular weight excluding hydrogens is 331 g/mol. The van der Waals surface area contributed by atoms with E-state index in [1.807, 2.05) is 0 Å². The zero-order valence-corrected chi connectivity index (χ0v) is 13.1. The third-order valence-corrected chi connectivity index (χ3v) is 2.99. The smallest absolute Gasteiger partial charge is 0.410 e. The summed E-state index contributed by atoms with van der Waals surface area (Å²) in [5.74, 6) is -0.586. The molecule has 1 aromatic rings. The van der Waals surface area contributed by atoms with Crippen molar-refractivity contribution in [2.75, 3.05) is 13.1 Å². The summed E-state index contributed by atoms with van der Waals surface area (Å²) in [6.07, 6.45) is 0.815. The molecule has 1 aromatic heterocycles. The largest absolute Gasteiger partial charge is 0.468 e. The molecule has 2 rings (SSSR count). The average molecular weight is 347 g/mol. The second-order valence-electron chi connectivity index (χ2n) is 5.57. The fraction of sp³-hybridized carbons (Fsp3) is 0.538. The molecule has 2 heterocycles. The molecular formula is C13H16BrFN2O3. The summed E-state index contributed by atoms with van der Waals surface area (Å²) < 4.78 is 24.7. The predicted octanol–water partition coefficient (Wildman–Crippen LogP) is 2.98. The zero-order chi connectivity index (χ0) is 14.9. The van der Waals surface area contributed by atoms with Crippen LogP contribution in [0.1, 0.15) is 20.8 Å². The maximum absolute atomic E-state index is 13.5. The minimum atomic E-state index is -0.532. The average Bonchev–Trinajstić information content (AvgIpc) is 2.22. The third-order valence-electron chi connectivity index (χ3n) is 2.55. The highest BCUT2D eigenvalue weighted by Gasteiger charge is 2.35. The van der Waals surface area contributed by atoms with Crippen LogP contribution in [0.4, 0.5) is 9.18 Å². The predicted molar refractivity (Wildman–Crippen MR) is 74.1 cm³/mol. The third kappa shape index (κ3) is 3.82. The van der Waals surface area contributed by atoms with Crippen LogP contribution in [0.5, 0.6) is 5.88 Å². The van der Waals surface area contributed by atoms with Gasteiger partial charge in [-0.2, -0.15) is 0 Å². The van der Waals surface area contributed by atoms with Crippen LogP contribution in [0.25, 0.3) is 0 Å². The minimum absolute atomic E-state index is 0.0537. The summed E-state index contributed by atoms with van der Waals surface area (Å²) in [5, 5.41) is 0. The van der Waals surface area contributed by atoms with E-state index in [1.54, 1.807) is 20.8 Å². The molecule has 1 amide bonds. The summed E-state index contributed by atoms with van der Waals surface area (Å²) in [6, 6.07) is 1.28. The van der Waals surface area contributed by atoms with Gasteiger partial charge < -0.3 is 14.4 Å². The van der Waals surface area contributed by atoms with Crippen LogP contribution in [0, 0.1) is 5.82 Å². The first kappa shape index (κ1) is 15.0. The van der Waals surface area contributed by atoms with Crippen LogP contribution in [0.3, 0.4) is 0 Å². The zero-order valence-electron chi connectivity index (χ0n) is 11.5. The van der Waals surface area contributed by atoms with Crippen LogP contribution in [0.15, 0.2) is 16.7 Å². The van der Waals surface area contributed by atoms with Gasteiger partial charge in [-0.1, -0.05) is 0 Å². The lowest BCUT2D eigenvalue weighted by Gasteiger charge is -2.39. The quantitative estimate of drug-likeness (QED) is 0.825. The highest BCUT2D eigenvalue weighted by Crippen LogP contribution is 2.23. The lowest BCUT2D eigenvalue weighted by molar-refractivity contribution is -0.0241. The molecule has 0 N–H and O–H groups in total. The first-order valence-electron chi connectivity index (χ1n) is 6.20. The molecule has 0 atom stereocenters. The number of pyridine rings is 1. The standard InChI is InChI=1S/C13H16BrFN2O3/c1-13(2,3)20-12(18)17-6-9(7-17)19-11-10(15)4-8(14)5-16-11/h4-5,9H,6-7H2,1-3H3. The van der Waals surface area contributed by atoms with Crippen molar-refractivity contribution < 1.29 is 18.7 Å². The van der Waals surface area contributed by atoms with Crippen LogP contribution >= 0.6 is 15.9 Å². The van der Waals surface area contributed by atoms with Gasteiger partial charge in [-0.15, -0.1) is 0 Å². The molecule has 5 nitrogen and oxygen atoms in total. The van der Waals surface area contributed by atoms with Crippen molar-refractivity contribution in [1.29, 1.82) is 0 Å². The van der Waals surface area contributed by atoms with Gasteiger partial charge >= 0.3 is 6.09 Å². The van der Waals surface area contributed by atoms with E-state index >= 15 is 0 Å². The molecule has 110 valence electrons. The van der Waals surface area contributed by atoms with Crippen molar-refractivity contribution in [2.45, 2.75) is 32.5 Å². The molecule has 0 bridgehead atoms. The molecule has 1 fully saturated rings. The molecule has 1 aliphatic heterocycles. The molecule has 20 heavy (non-hydrogen) atoms. The maximum atomic E-state index is 13.5. The summed E-state index contributed by atoms with van der Waals surface area (Å²) in [6.45, 7) is 6.15. The van der Waals surface area contributed by atoms with Gasteiger partial charge in [-0.3, -0.25) is 0 Å². The van der Waals surface area contributed by atoms with Crippen molar-refractivity contribution in [3.8, 4) is 5.88 Å². The van der Waals surface area contributed by atoms with E-state index in [-0.39, 0.29) is 18.1 Å². The lowest BCUT2D eigenvalue weighted by Crippen LogP contribution is -2.57. The molecule has 0 aliphatic carbocycles. The number of hydrogen-bond donors (Lipinski definition) is 0. The highest BCUT2D eigenvalue weighted by molar-refractivity contribution is 9.10. The second-order valence-corrected chi connectivity index (χ2v) is 6.48. The topological polar surface area (TPSA) is 51.7 Å². The van der Waals surface area contributed by atoms with Crippen molar-refractivity contribution in [3.05, 3.63) is 22.6 Å². The van der Waals surface area contributed by atoms with Crippen molar-refractivity contribution in [1.82, 2.24) is 9.88 Å².